The summed E-state index contributed by atoms with van der Waals surface area (Å²) in [6.45, 7) is -0.547. The largest absolute Gasteiger partial charge is 0.425 e. The fraction of sp³-hybridized carbons (Fsp3) is 1.00. The molecule has 0 rings (SSSR count). The molecule has 0 aromatic carbocycles. The summed E-state index contributed by atoms with van der Waals surface area (Å²) < 4.78 is 87.2. The zero-order valence-corrected chi connectivity index (χ0v) is 7.62. The SMILES string of the molecule is CCC(F)(F)COC(F)C(F)C(F)(F)F. The third-order valence-electron chi connectivity index (χ3n) is 1.51. The van der Waals surface area contributed by atoms with Crippen molar-refractivity contribution in [3.63, 3.8) is 0 Å². The van der Waals surface area contributed by atoms with Crippen molar-refractivity contribution in [2.24, 2.45) is 0 Å². The molecule has 15 heavy (non-hydrogen) atoms. The van der Waals surface area contributed by atoms with Crippen molar-refractivity contribution in [2.75, 3.05) is 6.61 Å². The van der Waals surface area contributed by atoms with E-state index < -0.39 is 37.7 Å². The Hall–Kier alpha value is -0.530. The van der Waals surface area contributed by atoms with Crippen molar-refractivity contribution in [2.45, 2.75) is 38.0 Å². The van der Waals surface area contributed by atoms with E-state index in [2.05, 4.69) is 4.74 Å². The lowest BCUT2D eigenvalue weighted by atomic mass is 10.3. The highest BCUT2D eigenvalue weighted by atomic mass is 19.4. The molecular formula is C7H9F7O. The van der Waals surface area contributed by atoms with Gasteiger partial charge in [-0.05, 0) is 0 Å². The average molecular weight is 242 g/mol. The second kappa shape index (κ2) is 5.00. The molecule has 0 bridgehead atoms. The van der Waals surface area contributed by atoms with E-state index in [1.165, 1.54) is 0 Å². The lowest BCUT2D eigenvalue weighted by Crippen LogP contribution is -2.37. The van der Waals surface area contributed by atoms with Crippen LogP contribution < -0.4 is 0 Å². The summed E-state index contributed by atoms with van der Waals surface area (Å²) in [6, 6.07) is 0. The van der Waals surface area contributed by atoms with Gasteiger partial charge in [-0.25, -0.2) is 17.6 Å². The van der Waals surface area contributed by atoms with E-state index >= 15 is 0 Å². The molecule has 0 aromatic rings. The molecule has 92 valence electrons. The van der Waals surface area contributed by atoms with Crippen LogP contribution in [0.15, 0.2) is 0 Å². The summed E-state index contributed by atoms with van der Waals surface area (Å²) in [5.41, 5.74) is 0. The first-order valence-electron chi connectivity index (χ1n) is 3.94. The number of alkyl halides is 7. The number of halogens is 7. The lowest BCUT2D eigenvalue weighted by Gasteiger charge is -2.19. The molecule has 0 saturated carbocycles. The van der Waals surface area contributed by atoms with Crippen LogP contribution >= 0.6 is 0 Å². The molecule has 0 amide bonds. The Labute approximate surface area is 81.2 Å². The topological polar surface area (TPSA) is 9.23 Å². The summed E-state index contributed by atoms with van der Waals surface area (Å²) in [5, 5.41) is 0. The number of hydrogen-bond donors (Lipinski definition) is 0. The first-order valence-corrected chi connectivity index (χ1v) is 3.94. The highest BCUT2D eigenvalue weighted by Crippen LogP contribution is 2.28. The summed E-state index contributed by atoms with van der Waals surface area (Å²) in [4.78, 5) is 0. The average Bonchev–Trinajstić information content (AvgIpc) is 2.11. The second-order valence-corrected chi connectivity index (χ2v) is 2.82. The first-order chi connectivity index (χ1) is 6.60. The number of rotatable bonds is 5. The maximum absolute atomic E-state index is 12.4. The van der Waals surface area contributed by atoms with Gasteiger partial charge in [0.1, 0.15) is 6.61 Å². The van der Waals surface area contributed by atoms with Gasteiger partial charge in [0.25, 0.3) is 12.1 Å². The van der Waals surface area contributed by atoms with Crippen LogP contribution in [-0.4, -0.2) is 31.2 Å². The van der Waals surface area contributed by atoms with Gasteiger partial charge < -0.3 is 4.74 Å². The molecule has 2 atom stereocenters. The minimum absolute atomic E-state index is 0.733. The van der Waals surface area contributed by atoms with Crippen molar-refractivity contribution in [3.8, 4) is 0 Å². The van der Waals surface area contributed by atoms with Gasteiger partial charge in [-0.1, -0.05) is 6.92 Å². The van der Waals surface area contributed by atoms with Gasteiger partial charge in [0.15, 0.2) is 0 Å². The van der Waals surface area contributed by atoms with Gasteiger partial charge in [-0.15, -0.1) is 0 Å². The third-order valence-corrected chi connectivity index (χ3v) is 1.51. The second-order valence-electron chi connectivity index (χ2n) is 2.82. The minimum Gasteiger partial charge on any atom is -0.339 e. The van der Waals surface area contributed by atoms with Gasteiger partial charge in [-0.2, -0.15) is 13.2 Å². The molecule has 0 aliphatic carbocycles. The summed E-state index contributed by atoms with van der Waals surface area (Å²) in [6.07, 6.45) is -13.5. The molecule has 0 aliphatic rings. The van der Waals surface area contributed by atoms with E-state index in [0.717, 1.165) is 6.92 Å². The molecule has 0 spiro atoms. The van der Waals surface area contributed by atoms with E-state index in [-0.39, 0.29) is 0 Å². The monoisotopic (exact) mass is 242 g/mol. The Morgan fingerprint density at radius 3 is 1.87 bits per heavy atom. The molecule has 0 heterocycles. The van der Waals surface area contributed by atoms with Crippen LogP contribution in [0.25, 0.3) is 0 Å². The lowest BCUT2D eigenvalue weighted by molar-refractivity contribution is -0.247. The van der Waals surface area contributed by atoms with Crippen LogP contribution in [0.3, 0.4) is 0 Å². The fourth-order valence-corrected chi connectivity index (χ4v) is 0.537. The molecule has 2 unspecified atom stereocenters. The molecule has 0 saturated heterocycles. The Morgan fingerprint density at radius 2 is 1.53 bits per heavy atom. The highest BCUT2D eigenvalue weighted by molar-refractivity contribution is 4.70. The van der Waals surface area contributed by atoms with Crippen molar-refractivity contribution in [3.05, 3.63) is 0 Å². The van der Waals surface area contributed by atoms with Crippen LogP contribution in [-0.2, 0) is 4.74 Å². The Morgan fingerprint density at radius 1 is 1.07 bits per heavy atom. The van der Waals surface area contributed by atoms with E-state index in [4.69, 9.17) is 0 Å². The maximum Gasteiger partial charge on any atom is 0.425 e. The number of ether oxygens (including phenoxy) is 1. The van der Waals surface area contributed by atoms with Crippen molar-refractivity contribution in [1.29, 1.82) is 0 Å². The summed E-state index contributed by atoms with van der Waals surface area (Å²) in [7, 11) is 0. The zero-order valence-electron chi connectivity index (χ0n) is 7.62. The molecular weight excluding hydrogens is 233 g/mol. The predicted octanol–water partition coefficient (Wildman–Crippen LogP) is 3.24. The molecule has 1 nitrogen and oxygen atoms in total. The predicted molar refractivity (Wildman–Crippen MR) is 37.0 cm³/mol. The normalized spacial score (nSPS) is 17.6. The quantitative estimate of drug-likeness (QED) is 0.672. The standard InChI is InChI=1S/C7H9F7O/c1-2-6(10,11)3-15-5(9)4(8)7(12,13)14/h4-5H,2-3H2,1H3. The van der Waals surface area contributed by atoms with Crippen molar-refractivity contribution < 1.29 is 35.5 Å². The van der Waals surface area contributed by atoms with Gasteiger partial charge in [0.05, 0.1) is 0 Å². The third kappa shape index (κ3) is 5.19. The zero-order chi connectivity index (χ0) is 12.3. The first kappa shape index (κ1) is 14.5. The van der Waals surface area contributed by atoms with Crippen LogP contribution in [0.5, 0.6) is 0 Å². The molecule has 0 aromatic heterocycles. The smallest absolute Gasteiger partial charge is 0.339 e. The van der Waals surface area contributed by atoms with Crippen LogP contribution in [0.1, 0.15) is 13.3 Å². The molecule has 0 N–H and O–H groups in total. The summed E-state index contributed by atoms with van der Waals surface area (Å²) >= 11 is 0. The van der Waals surface area contributed by atoms with Gasteiger partial charge in [0.2, 0.25) is 6.36 Å². The van der Waals surface area contributed by atoms with Crippen LogP contribution in [0, 0.1) is 0 Å². The molecule has 0 radical (unpaired) electrons. The van der Waals surface area contributed by atoms with E-state index in [1.54, 1.807) is 0 Å². The van der Waals surface area contributed by atoms with E-state index in [1.807, 2.05) is 0 Å². The maximum atomic E-state index is 12.4. The van der Waals surface area contributed by atoms with Crippen LogP contribution in [0.2, 0.25) is 0 Å². The van der Waals surface area contributed by atoms with Crippen molar-refractivity contribution >= 4 is 0 Å². The Balaban J connectivity index is 4.10. The highest BCUT2D eigenvalue weighted by Gasteiger charge is 2.47. The molecule has 8 heteroatoms. The molecule has 0 fully saturated rings. The summed E-state index contributed by atoms with van der Waals surface area (Å²) in [5.74, 6) is -3.46. The molecule has 0 aliphatic heterocycles. The van der Waals surface area contributed by atoms with Crippen LogP contribution in [0.4, 0.5) is 30.7 Å². The number of hydrogen-bond acceptors (Lipinski definition) is 1. The van der Waals surface area contributed by atoms with E-state index in [9.17, 15) is 30.7 Å². The van der Waals surface area contributed by atoms with Crippen molar-refractivity contribution in [1.82, 2.24) is 0 Å². The van der Waals surface area contributed by atoms with Gasteiger partial charge in [0, 0.05) is 6.42 Å². The Bertz CT molecular complexity index is 190. The fourth-order valence-electron chi connectivity index (χ4n) is 0.537. The van der Waals surface area contributed by atoms with E-state index in [0.29, 0.717) is 0 Å². The minimum atomic E-state index is -5.46. The van der Waals surface area contributed by atoms with Gasteiger partial charge >= 0.3 is 6.18 Å². The van der Waals surface area contributed by atoms with Gasteiger partial charge in [-0.3, -0.25) is 0 Å². The Kier molecular flexibility index (Phi) is 4.82.